The van der Waals surface area contributed by atoms with E-state index in [1.54, 1.807) is 0 Å². The van der Waals surface area contributed by atoms with Crippen LogP contribution in [0.1, 0.15) is 38.5 Å². The number of rotatable bonds is 3. The molecule has 2 saturated heterocycles. The smallest absolute Gasteiger partial charge is 0.323 e. The zero-order valence-corrected chi connectivity index (χ0v) is 10.7. The molecule has 0 aromatic heterocycles. The number of methoxy groups -OCH3 is 1. The van der Waals surface area contributed by atoms with Gasteiger partial charge in [-0.05, 0) is 38.6 Å². The average molecular weight is 241 g/mol. The Bertz CT molecular complexity index is 251. The molecule has 17 heavy (non-hydrogen) atoms. The Morgan fingerprint density at radius 3 is 2.82 bits per heavy atom. The summed E-state index contributed by atoms with van der Waals surface area (Å²) < 4.78 is 10.6. The van der Waals surface area contributed by atoms with Crippen molar-refractivity contribution in [3.05, 3.63) is 0 Å². The van der Waals surface area contributed by atoms with Gasteiger partial charge >= 0.3 is 5.97 Å². The highest BCUT2D eigenvalue weighted by Crippen LogP contribution is 2.21. The Hall–Kier alpha value is -0.610. The first kappa shape index (κ1) is 12.8. The lowest BCUT2D eigenvalue weighted by Crippen LogP contribution is -2.49. The normalized spacial score (nSPS) is 31.1. The molecule has 0 N–H and O–H groups in total. The number of ether oxygens (including phenoxy) is 2. The Morgan fingerprint density at radius 1 is 1.29 bits per heavy atom. The van der Waals surface area contributed by atoms with Crippen LogP contribution in [-0.2, 0) is 14.3 Å². The molecule has 0 bridgehead atoms. The van der Waals surface area contributed by atoms with Crippen LogP contribution in [0.4, 0.5) is 0 Å². The standard InChI is InChI=1S/C13H23NO3/c1-16-13(15)12-7-2-4-8-14(12)10-11-6-3-5-9-17-11/h11-12H,2-10H2,1H3/t11?,12-/m1/s1. The van der Waals surface area contributed by atoms with Gasteiger partial charge < -0.3 is 9.47 Å². The Kier molecular flexibility index (Phi) is 4.80. The van der Waals surface area contributed by atoms with Gasteiger partial charge in [-0.15, -0.1) is 0 Å². The third kappa shape index (κ3) is 3.42. The number of likely N-dealkylation sites (tertiary alicyclic amines) is 1. The second-order valence-corrected chi connectivity index (χ2v) is 5.02. The fourth-order valence-electron chi connectivity index (χ4n) is 2.83. The zero-order valence-electron chi connectivity index (χ0n) is 10.7. The van der Waals surface area contributed by atoms with E-state index in [-0.39, 0.29) is 12.0 Å². The minimum Gasteiger partial charge on any atom is -0.468 e. The minimum absolute atomic E-state index is 0.0423. The maximum atomic E-state index is 11.7. The van der Waals surface area contributed by atoms with E-state index in [1.165, 1.54) is 26.4 Å². The lowest BCUT2D eigenvalue weighted by Gasteiger charge is -2.36. The summed E-state index contributed by atoms with van der Waals surface area (Å²) in [7, 11) is 1.48. The Labute approximate surface area is 103 Å². The van der Waals surface area contributed by atoms with Crippen molar-refractivity contribution in [3.8, 4) is 0 Å². The van der Waals surface area contributed by atoms with E-state index in [0.717, 1.165) is 39.0 Å². The molecule has 4 heteroatoms. The number of hydrogen-bond acceptors (Lipinski definition) is 4. The van der Waals surface area contributed by atoms with E-state index >= 15 is 0 Å². The molecule has 2 heterocycles. The Morgan fingerprint density at radius 2 is 2.12 bits per heavy atom. The first-order valence-electron chi connectivity index (χ1n) is 6.74. The summed E-state index contributed by atoms with van der Waals surface area (Å²) >= 11 is 0. The second-order valence-electron chi connectivity index (χ2n) is 5.02. The fraction of sp³-hybridized carbons (Fsp3) is 0.923. The van der Waals surface area contributed by atoms with Crippen LogP contribution in [0, 0.1) is 0 Å². The summed E-state index contributed by atoms with van der Waals surface area (Å²) in [4.78, 5) is 14.0. The molecule has 0 aliphatic carbocycles. The number of esters is 1. The number of nitrogens with zero attached hydrogens (tertiary/aromatic N) is 1. The van der Waals surface area contributed by atoms with E-state index in [9.17, 15) is 4.79 Å². The molecule has 2 aliphatic heterocycles. The van der Waals surface area contributed by atoms with Gasteiger partial charge in [0.15, 0.2) is 0 Å². The van der Waals surface area contributed by atoms with Crippen molar-refractivity contribution in [3.63, 3.8) is 0 Å². The fourth-order valence-corrected chi connectivity index (χ4v) is 2.83. The van der Waals surface area contributed by atoms with Crippen LogP contribution in [0.3, 0.4) is 0 Å². The summed E-state index contributed by atoms with van der Waals surface area (Å²) in [5.74, 6) is -0.0829. The predicted octanol–water partition coefficient (Wildman–Crippen LogP) is 1.58. The largest absolute Gasteiger partial charge is 0.468 e. The molecule has 2 rings (SSSR count). The minimum atomic E-state index is -0.0829. The van der Waals surface area contributed by atoms with Crippen molar-refractivity contribution in [1.29, 1.82) is 0 Å². The lowest BCUT2D eigenvalue weighted by atomic mass is 10.0. The van der Waals surface area contributed by atoms with Crippen molar-refractivity contribution in [1.82, 2.24) is 4.90 Å². The number of piperidine rings is 1. The Balaban J connectivity index is 1.88. The molecular formula is C13H23NO3. The van der Waals surface area contributed by atoms with Crippen molar-refractivity contribution in [2.45, 2.75) is 50.7 Å². The van der Waals surface area contributed by atoms with Gasteiger partial charge in [-0.3, -0.25) is 9.69 Å². The molecule has 0 amide bonds. The van der Waals surface area contributed by atoms with Crippen molar-refractivity contribution in [2.75, 3.05) is 26.8 Å². The van der Waals surface area contributed by atoms with E-state index in [4.69, 9.17) is 9.47 Å². The molecule has 0 radical (unpaired) electrons. The zero-order chi connectivity index (χ0) is 12.1. The van der Waals surface area contributed by atoms with Gasteiger partial charge in [-0.25, -0.2) is 0 Å². The third-order valence-electron chi connectivity index (χ3n) is 3.80. The molecule has 2 aliphatic rings. The van der Waals surface area contributed by atoms with E-state index in [0.29, 0.717) is 6.10 Å². The molecule has 0 spiro atoms. The monoisotopic (exact) mass is 241 g/mol. The molecule has 0 aromatic carbocycles. The van der Waals surface area contributed by atoms with Crippen LogP contribution < -0.4 is 0 Å². The van der Waals surface area contributed by atoms with Gasteiger partial charge in [0.25, 0.3) is 0 Å². The molecule has 2 atom stereocenters. The maximum absolute atomic E-state index is 11.7. The summed E-state index contributed by atoms with van der Waals surface area (Å²) in [5, 5.41) is 0. The summed E-state index contributed by atoms with van der Waals surface area (Å²) in [6.45, 7) is 2.76. The van der Waals surface area contributed by atoms with Gasteiger partial charge in [0.05, 0.1) is 13.2 Å². The van der Waals surface area contributed by atoms with Crippen LogP contribution in [-0.4, -0.2) is 49.8 Å². The molecular weight excluding hydrogens is 218 g/mol. The van der Waals surface area contributed by atoms with Gasteiger partial charge in [-0.1, -0.05) is 6.42 Å². The highest BCUT2D eigenvalue weighted by atomic mass is 16.5. The van der Waals surface area contributed by atoms with Crippen LogP contribution in [0.2, 0.25) is 0 Å². The van der Waals surface area contributed by atoms with E-state index < -0.39 is 0 Å². The number of carbonyl (C=O) groups is 1. The molecule has 0 aromatic rings. The summed E-state index contributed by atoms with van der Waals surface area (Å²) in [6, 6.07) is -0.0423. The van der Waals surface area contributed by atoms with E-state index in [2.05, 4.69) is 4.90 Å². The van der Waals surface area contributed by atoms with Crippen LogP contribution >= 0.6 is 0 Å². The third-order valence-corrected chi connectivity index (χ3v) is 3.80. The molecule has 98 valence electrons. The number of hydrogen-bond donors (Lipinski definition) is 0. The summed E-state index contributed by atoms with van der Waals surface area (Å²) in [6.07, 6.45) is 7.11. The first-order valence-corrected chi connectivity index (χ1v) is 6.74. The van der Waals surface area contributed by atoms with Gasteiger partial charge in [0.1, 0.15) is 6.04 Å². The second kappa shape index (κ2) is 6.36. The van der Waals surface area contributed by atoms with Crippen LogP contribution in [0.15, 0.2) is 0 Å². The van der Waals surface area contributed by atoms with Gasteiger partial charge in [-0.2, -0.15) is 0 Å². The molecule has 4 nitrogen and oxygen atoms in total. The van der Waals surface area contributed by atoms with Crippen LogP contribution in [0.5, 0.6) is 0 Å². The molecule has 2 fully saturated rings. The first-order chi connectivity index (χ1) is 8.31. The van der Waals surface area contributed by atoms with Crippen LogP contribution in [0.25, 0.3) is 0 Å². The summed E-state index contributed by atoms with van der Waals surface area (Å²) in [5.41, 5.74) is 0. The van der Waals surface area contributed by atoms with Gasteiger partial charge in [0.2, 0.25) is 0 Å². The highest BCUT2D eigenvalue weighted by molar-refractivity contribution is 5.75. The molecule has 0 saturated carbocycles. The SMILES string of the molecule is COC(=O)[C@H]1CCCCN1CC1CCCCO1. The maximum Gasteiger partial charge on any atom is 0.323 e. The van der Waals surface area contributed by atoms with Crippen molar-refractivity contribution >= 4 is 5.97 Å². The average Bonchev–Trinajstić information content (AvgIpc) is 2.40. The van der Waals surface area contributed by atoms with Gasteiger partial charge in [0, 0.05) is 13.2 Å². The van der Waals surface area contributed by atoms with E-state index in [1.807, 2.05) is 0 Å². The van der Waals surface area contributed by atoms with Crippen molar-refractivity contribution in [2.24, 2.45) is 0 Å². The highest BCUT2D eigenvalue weighted by Gasteiger charge is 2.31. The topological polar surface area (TPSA) is 38.8 Å². The number of carbonyl (C=O) groups excluding carboxylic acids is 1. The quantitative estimate of drug-likeness (QED) is 0.703. The lowest BCUT2D eigenvalue weighted by molar-refractivity contribution is -0.149. The predicted molar refractivity (Wildman–Crippen MR) is 64.8 cm³/mol. The molecule has 1 unspecified atom stereocenters. The van der Waals surface area contributed by atoms with Crippen molar-refractivity contribution < 1.29 is 14.3 Å².